The van der Waals surface area contributed by atoms with E-state index in [9.17, 15) is 4.79 Å². The van der Waals surface area contributed by atoms with E-state index in [4.69, 9.17) is 27.7 Å². The Bertz CT molecular complexity index is 1160. The lowest BCUT2D eigenvalue weighted by atomic mass is 9.74. The van der Waals surface area contributed by atoms with Crippen LogP contribution in [0.5, 0.6) is 0 Å². The third kappa shape index (κ3) is 5.00. The predicted octanol–water partition coefficient (Wildman–Crippen LogP) is 6.71. The van der Waals surface area contributed by atoms with Crippen LogP contribution in [0.15, 0.2) is 53.1 Å². The summed E-state index contributed by atoms with van der Waals surface area (Å²) in [4.78, 5) is 16.1. The van der Waals surface area contributed by atoms with Gasteiger partial charge in [-0.05, 0) is 82.7 Å². The number of carbonyl (C=O) groups excluding carboxylic acids is 1. The number of carbonyl (C=O) groups is 1. The lowest BCUT2D eigenvalue weighted by molar-refractivity contribution is 0.0594. The molecule has 184 valence electrons. The summed E-state index contributed by atoms with van der Waals surface area (Å²) in [5.41, 5.74) is 2.88. The van der Waals surface area contributed by atoms with Crippen LogP contribution in [0.1, 0.15) is 60.2 Å². The number of halogens is 2. The van der Waals surface area contributed by atoms with Gasteiger partial charge in [-0.3, -0.25) is 9.69 Å². The van der Waals surface area contributed by atoms with Gasteiger partial charge in [-0.2, -0.15) is 0 Å². The van der Waals surface area contributed by atoms with Gasteiger partial charge in [0.1, 0.15) is 17.0 Å². The monoisotopic (exact) mass is 511 g/mol. The number of hydrogen-bond donors (Lipinski definition) is 1. The maximum Gasteiger partial charge on any atom is 0.257 e. The zero-order valence-electron chi connectivity index (χ0n) is 20.0. The Morgan fingerprint density at radius 3 is 2.37 bits per heavy atom. The zero-order valence-corrected chi connectivity index (χ0v) is 21.5. The number of aryl methyl sites for hydroxylation is 1. The number of likely N-dealkylation sites (tertiary alicyclic amines) is 1. The summed E-state index contributed by atoms with van der Waals surface area (Å²) in [6.45, 7) is 4.09. The standard InChI is InChI=1S/C28H31Cl2N3O2/c1-19-24(26(32-35-19)25-22(29)10-7-11-23(25)30)27(34)31-21-12-14-28(15-13-21,33-16-5-6-17-33)18-20-8-3-2-4-9-20/h2-4,7-11,21H,5-6,12-18H2,1H3,(H,31,34). The lowest BCUT2D eigenvalue weighted by Crippen LogP contribution is -2.54. The molecule has 1 saturated carbocycles. The summed E-state index contributed by atoms with van der Waals surface area (Å²) >= 11 is 12.8. The number of hydrogen-bond acceptors (Lipinski definition) is 4. The van der Waals surface area contributed by atoms with Crippen molar-refractivity contribution in [2.45, 2.75) is 63.5 Å². The van der Waals surface area contributed by atoms with Gasteiger partial charge in [-0.25, -0.2) is 0 Å². The van der Waals surface area contributed by atoms with E-state index < -0.39 is 0 Å². The first-order valence-corrected chi connectivity index (χ1v) is 13.2. The van der Waals surface area contributed by atoms with E-state index >= 15 is 0 Å². The van der Waals surface area contributed by atoms with Gasteiger partial charge in [0, 0.05) is 17.1 Å². The minimum absolute atomic E-state index is 0.109. The highest BCUT2D eigenvalue weighted by Gasteiger charge is 2.41. The van der Waals surface area contributed by atoms with Crippen molar-refractivity contribution in [1.29, 1.82) is 0 Å². The van der Waals surface area contributed by atoms with Crippen LogP contribution in [0, 0.1) is 6.92 Å². The Hall–Kier alpha value is -2.34. The van der Waals surface area contributed by atoms with Crippen LogP contribution in [0.4, 0.5) is 0 Å². The van der Waals surface area contributed by atoms with E-state index in [1.807, 2.05) is 0 Å². The molecule has 2 heterocycles. The molecule has 1 amide bonds. The summed E-state index contributed by atoms with van der Waals surface area (Å²) in [6.07, 6.45) is 7.64. The average Bonchev–Trinajstić information content (AvgIpc) is 3.52. The highest BCUT2D eigenvalue weighted by Crippen LogP contribution is 2.40. The first-order valence-electron chi connectivity index (χ1n) is 12.5. The van der Waals surface area contributed by atoms with E-state index in [2.05, 4.69) is 45.7 Å². The van der Waals surface area contributed by atoms with Gasteiger partial charge in [0.2, 0.25) is 0 Å². The molecule has 2 fully saturated rings. The summed E-state index contributed by atoms with van der Waals surface area (Å²) in [6, 6.07) is 16.2. The second-order valence-electron chi connectivity index (χ2n) is 9.89. The Morgan fingerprint density at radius 2 is 1.71 bits per heavy atom. The Kier molecular flexibility index (Phi) is 7.19. The summed E-state index contributed by atoms with van der Waals surface area (Å²) in [7, 11) is 0. The smallest absolute Gasteiger partial charge is 0.257 e. The molecule has 0 bridgehead atoms. The minimum atomic E-state index is -0.184. The first kappa shape index (κ1) is 24.4. The molecule has 35 heavy (non-hydrogen) atoms. The van der Waals surface area contributed by atoms with E-state index in [-0.39, 0.29) is 17.5 Å². The molecule has 0 radical (unpaired) electrons. The van der Waals surface area contributed by atoms with Crippen LogP contribution in [-0.2, 0) is 6.42 Å². The highest BCUT2D eigenvalue weighted by atomic mass is 35.5. The molecule has 5 rings (SSSR count). The molecule has 3 aromatic rings. The molecule has 7 heteroatoms. The number of aromatic nitrogens is 1. The van der Waals surface area contributed by atoms with Gasteiger partial charge in [-0.15, -0.1) is 0 Å². The summed E-state index contributed by atoms with van der Waals surface area (Å²) in [5, 5.41) is 8.27. The third-order valence-electron chi connectivity index (χ3n) is 7.69. The second-order valence-corrected chi connectivity index (χ2v) is 10.7. The van der Waals surface area contributed by atoms with Crippen LogP contribution in [0.2, 0.25) is 10.0 Å². The lowest BCUT2D eigenvalue weighted by Gasteiger charge is -2.47. The van der Waals surface area contributed by atoms with Crippen LogP contribution in [-0.4, -0.2) is 40.6 Å². The van der Waals surface area contributed by atoms with Crippen molar-refractivity contribution in [3.8, 4) is 11.3 Å². The van der Waals surface area contributed by atoms with Crippen molar-refractivity contribution < 1.29 is 9.32 Å². The van der Waals surface area contributed by atoms with Crippen LogP contribution >= 0.6 is 23.2 Å². The predicted molar refractivity (Wildman–Crippen MR) is 140 cm³/mol. The van der Waals surface area contributed by atoms with Crippen molar-refractivity contribution >= 4 is 29.1 Å². The molecule has 2 aromatic carbocycles. The fraction of sp³-hybridized carbons (Fsp3) is 0.429. The third-order valence-corrected chi connectivity index (χ3v) is 8.32. The maximum absolute atomic E-state index is 13.4. The van der Waals surface area contributed by atoms with Crippen molar-refractivity contribution in [2.75, 3.05) is 13.1 Å². The fourth-order valence-electron chi connectivity index (χ4n) is 5.86. The van der Waals surface area contributed by atoms with Gasteiger partial charge < -0.3 is 9.84 Å². The van der Waals surface area contributed by atoms with Gasteiger partial charge >= 0.3 is 0 Å². The normalized spacial score (nSPS) is 22.9. The molecule has 1 saturated heterocycles. The van der Waals surface area contributed by atoms with Crippen LogP contribution in [0.3, 0.4) is 0 Å². The van der Waals surface area contributed by atoms with Crippen molar-refractivity contribution in [3.05, 3.63) is 75.5 Å². The molecule has 1 aromatic heterocycles. The zero-order chi connectivity index (χ0) is 24.4. The molecule has 0 unspecified atom stereocenters. The molecule has 1 aliphatic heterocycles. The molecule has 5 nitrogen and oxygen atoms in total. The van der Waals surface area contributed by atoms with E-state index in [1.165, 1.54) is 31.5 Å². The molecule has 2 aliphatic rings. The average molecular weight is 512 g/mol. The second kappa shape index (κ2) is 10.3. The minimum Gasteiger partial charge on any atom is -0.360 e. The van der Waals surface area contributed by atoms with Gasteiger partial charge in [-0.1, -0.05) is 64.8 Å². The molecule has 1 aliphatic carbocycles. The highest BCUT2D eigenvalue weighted by molar-refractivity contribution is 6.39. The number of nitrogens with one attached hydrogen (secondary N) is 1. The fourth-order valence-corrected chi connectivity index (χ4v) is 6.44. The SMILES string of the molecule is Cc1onc(-c2c(Cl)cccc2Cl)c1C(=O)NC1CCC(Cc2ccccc2)(N2CCCC2)CC1. The van der Waals surface area contributed by atoms with Gasteiger partial charge in [0.15, 0.2) is 0 Å². The van der Waals surface area contributed by atoms with Crippen LogP contribution < -0.4 is 5.32 Å². The van der Waals surface area contributed by atoms with Crippen LogP contribution in [0.25, 0.3) is 11.3 Å². The van der Waals surface area contributed by atoms with Gasteiger partial charge in [0.05, 0.1) is 10.0 Å². The summed E-state index contributed by atoms with van der Waals surface area (Å²) < 4.78 is 5.40. The Morgan fingerprint density at radius 1 is 1.06 bits per heavy atom. The topological polar surface area (TPSA) is 58.4 Å². The first-order chi connectivity index (χ1) is 17.0. The van der Waals surface area contributed by atoms with E-state index in [0.717, 1.165) is 32.1 Å². The number of nitrogens with zero attached hydrogens (tertiary/aromatic N) is 2. The van der Waals surface area contributed by atoms with E-state index in [0.29, 0.717) is 32.6 Å². The largest absolute Gasteiger partial charge is 0.360 e. The molecule has 1 N–H and O–H groups in total. The number of rotatable bonds is 6. The van der Waals surface area contributed by atoms with Crippen molar-refractivity contribution in [3.63, 3.8) is 0 Å². The molecule has 0 spiro atoms. The van der Waals surface area contributed by atoms with Crippen molar-refractivity contribution in [1.82, 2.24) is 15.4 Å². The molecule has 0 atom stereocenters. The molecular formula is C28H31Cl2N3O2. The summed E-state index contributed by atoms with van der Waals surface area (Å²) in [5.74, 6) is 0.274. The van der Waals surface area contributed by atoms with Gasteiger partial charge in [0.25, 0.3) is 5.91 Å². The van der Waals surface area contributed by atoms with Crippen molar-refractivity contribution in [2.24, 2.45) is 0 Å². The van der Waals surface area contributed by atoms with E-state index in [1.54, 1.807) is 25.1 Å². The molecular weight excluding hydrogens is 481 g/mol. The number of amides is 1. The quantitative estimate of drug-likeness (QED) is 0.399. The maximum atomic E-state index is 13.4. The Labute approximate surface area is 216 Å². The number of benzene rings is 2. The Balaban J connectivity index is 1.32.